The highest BCUT2D eigenvalue weighted by Crippen LogP contribution is 2.32. The Morgan fingerprint density at radius 1 is 1.50 bits per heavy atom. The fraction of sp³-hybridized carbons (Fsp3) is 0.300. The number of hydrogen-bond acceptors (Lipinski definition) is 3. The Bertz CT molecular complexity index is 663. The Morgan fingerprint density at radius 2 is 2.20 bits per heavy atom. The zero-order valence-corrected chi connectivity index (χ0v) is 11.0. The minimum atomic E-state index is -4.50. The number of rotatable bonds is 2. The summed E-state index contributed by atoms with van der Waals surface area (Å²) in [5.74, 6) is 0.374. The number of pyridine rings is 1. The molecule has 0 aliphatic heterocycles. The molecule has 2 rings (SSSR count). The van der Waals surface area contributed by atoms with Crippen molar-refractivity contribution in [1.29, 1.82) is 0 Å². The third-order valence-electron chi connectivity index (χ3n) is 2.53. The van der Waals surface area contributed by atoms with Crippen LogP contribution in [0.3, 0.4) is 0 Å². The van der Waals surface area contributed by atoms with Gasteiger partial charge in [-0.05, 0) is 6.07 Å². The van der Waals surface area contributed by atoms with Crippen LogP contribution in [-0.4, -0.2) is 27.6 Å². The van der Waals surface area contributed by atoms with Crippen molar-refractivity contribution < 1.29 is 13.2 Å². The summed E-state index contributed by atoms with van der Waals surface area (Å²) in [6.45, 7) is 0.0714. The van der Waals surface area contributed by atoms with Crippen LogP contribution >= 0.6 is 11.6 Å². The molecule has 2 aromatic heterocycles. The van der Waals surface area contributed by atoms with Crippen LogP contribution in [0.1, 0.15) is 11.4 Å². The van der Waals surface area contributed by atoms with Crippen molar-refractivity contribution in [3.8, 4) is 0 Å². The number of aliphatic imine (C=N–C) groups is 1. The van der Waals surface area contributed by atoms with Crippen molar-refractivity contribution in [2.24, 2.45) is 10.7 Å². The zero-order chi connectivity index (χ0) is 14.9. The van der Waals surface area contributed by atoms with Gasteiger partial charge in [0.15, 0.2) is 17.4 Å². The number of alkyl halides is 3. The largest absolute Gasteiger partial charge is 0.417 e. The van der Waals surface area contributed by atoms with Gasteiger partial charge in [0, 0.05) is 13.2 Å². The highest BCUT2D eigenvalue weighted by Gasteiger charge is 2.32. The van der Waals surface area contributed by atoms with E-state index in [0.29, 0.717) is 0 Å². The standard InChI is InChI=1S/C10H10ClF3N6/c1-16-9(15)17-3-7-18-19-8-6(11)2-5(4-20(7)8)10(12,13)14/h2,4H,3H2,1H3,(H3,15,16,17). The first-order chi connectivity index (χ1) is 9.32. The van der Waals surface area contributed by atoms with Crippen molar-refractivity contribution in [3.63, 3.8) is 0 Å². The molecule has 3 N–H and O–H groups in total. The molecule has 0 bridgehead atoms. The Morgan fingerprint density at radius 3 is 2.80 bits per heavy atom. The molecule has 20 heavy (non-hydrogen) atoms. The van der Waals surface area contributed by atoms with Crippen molar-refractivity contribution >= 4 is 23.2 Å². The van der Waals surface area contributed by atoms with E-state index < -0.39 is 11.7 Å². The van der Waals surface area contributed by atoms with Crippen LogP contribution in [0.25, 0.3) is 5.65 Å². The van der Waals surface area contributed by atoms with Gasteiger partial charge in [0.2, 0.25) is 0 Å². The molecule has 0 amide bonds. The van der Waals surface area contributed by atoms with E-state index in [0.717, 1.165) is 12.3 Å². The van der Waals surface area contributed by atoms with Gasteiger partial charge < -0.3 is 11.1 Å². The van der Waals surface area contributed by atoms with Crippen LogP contribution in [0.4, 0.5) is 13.2 Å². The monoisotopic (exact) mass is 306 g/mol. The molecule has 0 radical (unpaired) electrons. The second kappa shape index (κ2) is 5.16. The second-order valence-corrected chi connectivity index (χ2v) is 4.25. The normalized spacial score (nSPS) is 12.9. The summed E-state index contributed by atoms with van der Waals surface area (Å²) in [7, 11) is 1.48. The molecule has 6 nitrogen and oxygen atoms in total. The van der Waals surface area contributed by atoms with E-state index in [-0.39, 0.29) is 29.0 Å². The highest BCUT2D eigenvalue weighted by molar-refractivity contribution is 6.33. The summed E-state index contributed by atoms with van der Waals surface area (Å²) in [6.07, 6.45) is -3.62. The maximum atomic E-state index is 12.7. The maximum absolute atomic E-state index is 12.7. The topological polar surface area (TPSA) is 80.6 Å². The van der Waals surface area contributed by atoms with Crippen LogP contribution in [0.15, 0.2) is 17.3 Å². The molecule has 0 atom stereocenters. The number of hydrogen-bond donors (Lipinski definition) is 2. The lowest BCUT2D eigenvalue weighted by molar-refractivity contribution is -0.137. The minimum absolute atomic E-state index is 0.0714. The van der Waals surface area contributed by atoms with E-state index in [1.54, 1.807) is 0 Å². The number of halogens is 4. The van der Waals surface area contributed by atoms with Gasteiger partial charge in [0.25, 0.3) is 0 Å². The summed E-state index contributed by atoms with van der Waals surface area (Å²) >= 11 is 5.78. The van der Waals surface area contributed by atoms with Gasteiger partial charge in [0.05, 0.1) is 17.1 Å². The van der Waals surface area contributed by atoms with Crippen LogP contribution in [0, 0.1) is 0 Å². The number of nitrogens with two attached hydrogens (primary N) is 1. The smallest absolute Gasteiger partial charge is 0.370 e. The molecule has 108 valence electrons. The van der Waals surface area contributed by atoms with Crippen LogP contribution in [0.5, 0.6) is 0 Å². The van der Waals surface area contributed by atoms with E-state index in [1.165, 1.54) is 11.4 Å². The molecule has 10 heteroatoms. The average molecular weight is 307 g/mol. The molecule has 0 fully saturated rings. The van der Waals surface area contributed by atoms with Gasteiger partial charge in [0.1, 0.15) is 0 Å². The maximum Gasteiger partial charge on any atom is 0.417 e. The van der Waals surface area contributed by atoms with Gasteiger partial charge in [-0.15, -0.1) is 10.2 Å². The molecular weight excluding hydrogens is 297 g/mol. The molecule has 2 heterocycles. The van der Waals surface area contributed by atoms with Crippen LogP contribution in [-0.2, 0) is 12.7 Å². The predicted octanol–water partition coefficient (Wildman–Crippen LogP) is 1.44. The molecule has 0 unspecified atom stereocenters. The molecule has 0 aliphatic carbocycles. The quantitative estimate of drug-likeness (QED) is 0.650. The first kappa shape index (κ1) is 14.4. The highest BCUT2D eigenvalue weighted by atomic mass is 35.5. The molecule has 0 saturated heterocycles. The number of nitrogens with one attached hydrogen (secondary N) is 1. The number of guanidine groups is 1. The van der Waals surface area contributed by atoms with Gasteiger partial charge >= 0.3 is 6.18 Å². The van der Waals surface area contributed by atoms with Crippen molar-refractivity contribution in [1.82, 2.24) is 19.9 Å². The third-order valence-corrected chi connectivity index (χ3v) is 2.80. The number of fused-ring (bicyclic) bond motifs is 1. The van der Waals surface area contributed by atoms with Gasteiger partial charge in [-0.1, -0.05) is 11.6 Å². The van der Waals surface area contributed by atoms with Gasteiger partial charge in [-0.3, -0.25) is 9.39 Å². The molecule has 0 aromatic carbocycles. The summed E-state index contributed by atoms with van der Waals surface area (Å²) in [4.78, 5) is 3.66. The SMILES string of the molecule is CN=C(N)NCc1nnc2c(Cl)cc(C(F)(F)F)cn12. The Kier molecular flexibility index (Phi) is 3.71. The van der Waals surface area contributed by atoms with Crippen LogP contribution in [0.2, 0.25) is 5.02 Å². The summed E-state index contributed by atoms with van der Waals surface area (Å²) in [5.41, 5.74) is 4.70. The van der Waals surface area contributed by atoms with Crippen LogP contribution < -0.4 is 11.1 Å². The Balaban J connectivity index is 2.45. The predicted molar refractivity (Wildman–Crippen MR) is 67.4 cm³/mol. The van der Waals surface area contributed by atoms with Crippen molar-refractivity contribution in [3.05, 3.63) is 28.7 Å². The van der Waals surface area contributed by atoms with E-state index in [2.05, 4.69) is 20.5 Å². The van der Waals surface area contributed by atoms with Gasteiger partial charge in [-0.2, -0.15) is 13.2 Å². The fourth-order valence-corrected chi connectivity index (χ4v) is 1.77. The van der Waals surface area contributed by atoms with E-state index in [4.69, 9.17) is 17.3 Å². The number of nitrogens with zero attached hydrogens (tertiary/aromatic N) is 4. The Labute approximate surface area is 116 Å². The van der Waals surface area contributed by atoms with E-state index in [9.17, 15) is 13.2 Å². The third kappa shape index (κ3) is 2.77. The van der Waals surface area contributed by atoms with E-state index >= 15 is 0 Å². The first-order valence-corrected chi connectivity index (χ1v) is 5.77. The molecule has 0 aliphatic rings. The van der Waals surface area contributed by atoms with Crippen molar-refractivity contribution in [2.75, 3.05) is 7.05 Å². The molecule has 0 saturated carbocycles. The zero-order valence-electron chi connectivity index (χ0n) is 10.2. The molecular formula is C10H10ClF3N6. The first-order valence-electron chi connectivity index (χ1n) is 5.39. The second-order valence-electron chi connectivity index (χ2n) is 3.85. The average Bonchev–Trinajstić information content (AvgIpc) is 2.78. The lowest BCUT2D eigenvalue weighted by Crippen LogP contribution is -2.31. The van der Waals surface area contributed by atoms with Gasteiger partial charge in [-0.25, -0.2) is 0 Å². The molecule has 2 aromatic rings. The minimum Gasteiger partial charge on any atom is -0.370 e. The van der Waals surface area contributed by atoms with Crippen molar-refractivity contribution in [2.45, 2.75) is 12.7 Å². The Hall–Kier alpha value is -2.03. The summed E-state index contributed by atoms with van der Waals surface area (Å²) in [5, 5.41) is 10.1. The fourth-order valence-electron chi connectivity index (χ4n) is 1.52. The lowest BCUT2D eigenvalue weighted by atomic mass is 10.3. The molecule has 0 spiro atoms. The lowest BCUT2D eigenvalue weighted by Gasteiger charge is -2.09. The van der Waals surface area contributed by atoms with E-state index in [1.807, 2.05) is 0 Å². The summed E-state index contributed by atoms with van der Waals surface area (Å²) < 4.78 is 39.4. The summed E-state index contributed by atoms with van der Waals surface area (Å²) in [6, 6.07) is 0.810. The number of aromatic nitrogens is 3.